The summed E-state index contributed by atoms with van der Waals surface area (Å²) in [4.78, 5) is 10.7. The fourth-order valence-corrected chi connectivity index (χ4v) is 1.32. The molecule has 0 amide bonds. The molecule has 0 radical (unpaired) electrons. The van der Waals surface area contributed by atoms with Crippen LogP contribution in [0.25, 0.3) is 0 Å². The van der Waals surface area contributed by atoms with E-state index in [0.717, 1.165) is 13.0 Å². The number of hydrogen-bond acceptors (Lipinski definition) is 1. The number of benzene rings is 1. The van der Waals surface area contributed by atoms with Crippen molar-refractivity contribution >= 4 is 5.97 Å². The number of carbonyl (C=O) groups is 1. The first-order valence-corrected chi connectivity index (χ1v) is 4.54. The van der Waals surface area contributed by atoms with Crippen LogP contribution in [0.2, 0.25) is 0 Å². The summed E-state index contributed by atoms with van der Waals surface area (Å²) in [6.07, 6.45) is 0. The number of halogens is 2. The zero-order valence-corrected chi connectivity index (χ0v) is 8.50. The second kappa shape index (κ2) is 3.96. The van der Waals surface area contributed by atoms with Gasteiger partial charge in [-0.2, -0.15) is 0 Å². The van der Waals surface area contributed by atoms with Crippen molar-refractivity contribution in [3.05, 3.63) is 35.6 Å². The fraction of sp³-hybridized carbons (Fsp3) is 0.364. The molecule has 1 rings (SSSR count). The minimum absolute atomic E-state index is 0.222. The third kappa shape index (κ3) is 2.14. The van der Waals surface area contributed by atoms with Crippen LogP contribution in [-0.4, -0.2) is 11.1 Å². The van der Waals surface area contributed by atoms with Crippen molar-refractivity contribution in [1.82, 2.24) is 0 Å². The molecule has 0 aliphatic carbocycles. The van der Waals surface area contributed by atoms with Crippen LogP contribution in [0.5, 0.6) is 0 Å². The third-order valence-corrected chi connectivity index (χ3v) is 2.58. The van der Waals surface area contributed by atoms with Gasteiger partial charge in [0.25, 0.3) is 0 Å². The SMILES string of the molecule is CC(C(=O)O)C(C)(F)c1ccccc1F. The van der Waals surface area contributed by atoms with Gasteiger partial charge in [0.1, 0.15) is 11.5 Å². The Morgan fingerprint density at radius 3 is 2.47 bits per heavy atom. The molecule has 0 aliphatic heterocycles. The topological polar surface area (TPSA) is 37.3 Å². The van der Waals surface area contributed by atoms with Gasteiger partial charge in [0.2, 0.25) is 0 Å². The molecule has 82 valence electrons. The van der Waals surface area contributed by atoms with Crippen molar-refractivity contribution in [3.8, 4) is 0 Å². The highest BCUT2D eigenvalue weighted by atomic mass is 19.1. The number of alkyl halides is 1. The van der Waals surface area contributed by atoms with Crippen molar-refractivity contribution < 1.29 is 18.7 Å². The van der Waals surface area contributed by atoms with E-state index in [4.69, 9.17) is 5.11 Å². The summed E-state index contributed by atoms with van der Waals surface area (Å²) in [6, 6.07) is 5.28. The lowest BCUT2D eigenvalue weighted by Crippen LogP contribution is -2.32. The first kappa shape index (κ1) is 11.6. The molecule has 0 aromatic heterocycles. The largest absolute Gasteiger partial charge is 0.481 e. The Kier molecular flexibility index (Phi) is 3.07. The Hall–Kier alpha value is -1.45. The summed E-state index contributed by atoms with van der Waals surface area (Å²) in [5.41, 5.74) is -2.43. The van der Waals surface area contributed by atoms with Gasteiger partial charge in [-0.15, -0.1) is 0 Å². The number of rotatable bonds is 3. The highest BCUT2D eigenvalue weighted by Crippen LogP contribution is 2.35. The molecule has 2 nitrogen and oxygen atoms in total. The van der Waals surface area contributed by atoms with Gasteiger partial charge in [0.15, 0.2) is 0 Å². The van der Waals surface area contributed by atoms with E-state index in [1.807, 2.05) is 0 Å². The van der Waals surface area contributed by atoms with Crippen molar-refractivity contribution in [2.45, 2.75) is 19.5 Å². The molecule has 1 aromatic rings. The van der Waals surface area contributed by atoms with Crippen LogP contribution in [0.1, 0.15) is 19.4 Å². The van der Waals surface area contributed by atoms with Gasteiger partial charge in [-0.1, -0.05) is 18.2 Å². The molecule has 0 fully saturated rings. The van der Waals surface area contributed by atoms with E-state index in [9.17, 15) is 13.6 Å². The van der Waals surface area contributed by atoms with E-state index in [-0.39, 0.29) is 5.56 Å². The van der Waals surface area contributed by atoms with E-state index in [0.29, 0.717) is 0 Å². The van der Waals surface area contributed by atoms with Gasteiger partial charge in [-0.3, -0.25) is 4.79 Å². The van der Waals surface area contributed by atoms with E-state index < -0.39 is 23.4 Å². The number of carboxylic acids is 1. The summed E-state index contributed by atoms with van der Waals surface area (Å²) >= 11 is 0. The van der Waals surface area contributed by atoms with Crippen molar-refractivity contribution in [1.29, 1.82) is 0 Å². The molecule has 2 atom stereocenters. The quantitative estimate of drug-likeness (QED) is 0.839. The number of aliphatic carboxylic acids is 1. The average molecular weight is 214 g/mol. The normalized spacial score (nSPS) is 16.8. The number of carboxylic acid groups (broad SMARTS) is 1. The molecule has 0 saturated heterocycles. The van der Waals surface area contributed by atoms with Crippen LogP contribution in [0, 0.1) is 11.7 Å². The number of hydrogen-bond donors (Lipinski definition) is 1. The summed E-state index contributed by atoms with van der Waals surface area (Å²) in [5.74, 6) is -3.31. The van der Waals surface area contributed by atoms with Gasteiger partial charge in [0, 0.05) is 5.56 Å². The van der Waals surface area contributed by atoms with Crippen LogP contribution in [0.15, 0.2) is 24.3 Å². The Bertz CT molecular complexity index is 375. The van der Waals surface area contributed by atoms with Gasteiger partial charge in [-0.05, 0) is 19.9 Å². The lowest BCUT2D eigenvalue weighted by atomic mass is 9.85. The van der Waals surface area contributed by atoms with Gasteiger partial charge in [-0.25, -0.2) is 8.78 Å². The minimum Gasteiger partial charge on any atom is -0.481 e. The van der Waals surface area contributed by atoms with Crippen molar-refractivity contribution in [2.75, 3.05) is 0 Å². The molecule has 0 spiro atoms. The highest BCUT2D eigenvalue weighted by molar-refractivity contribution is 5.71. The monoisotopic (exact) mass is 214 g/mol. The Morgan fingerprint density at radius 1 is 1.47 bits per heavy atom. The molecular weight excluding hydrogens is 202 g/mol. The predicted molar refractivity (Wildman–Crippen MR) is 51.7 cm³/mol. The Labute approximate surface area is 86.5 Å². The van der Waals surface area contributed by atoms with E-state index in [2.05, 4.69) is 0 Å². The molecule has 2 unspecified atom stereocenters. The summed E-state index contributed by atoms with van der Waals surface area (Å²) < 4.78 is 27.4. The van der Waals surface area contributed by atoms with E-state index >= 15 is 0 Å². The van der Waals surface area contributed by atoms with E-state index in [1.165, 1.54) is 25.1 Å². The third-order valence-electron chi connectivity index (χ3n) is 2.58. The maximum Gasteiger partial charge on any atom is 0.309 e. The lowest BCUT2D eigenvalue weighted by molar-refractivity contribution is -0.146. The highest BCUT2D eigenvalue weighted by Gasteiger charge is 2.39. The van der Waals surface area contributed by atoms with Crippen LogP contribution >= 0.6 is 0 Å². The van der Waals surface area contributed by atoms with E-state index in [1.54, 1.807) is 0 Å². The second-order valence-corrected chi connectivity index (χ2v) is 3.62. The van der Waals surface area contributed by atoms with Crippen LogP contribution in [-0.2, 0) is 10.5 Å². The molecule has 0 bridgehead atoms. The van der Waals surface area contributed by atoms with Gasteiger partial charge < -0.3 is 5.11 Å². The molecular formula is C11H12F2O2. The Balaban J connectivity index is 3.16. The first-order chi connectivity index (χ1) is 6.87. The maximum absolute atomic E-state index is 14.1. The van der Waals surface area contributed by atoms with Gasteiger partial charge in [0.05, 0.1) is 5.92 Å². The van der Waals surface area contributed by atoms with Crippen molar-refractivity contribution in [2.24, 2.45) is 5.92 Å². The minimum atomic E-state index is -2.21. The van der Waals surface area contributed by atoms with Crippen molar-refractivity contribution in [3.63, 3.8) is 0 Å². The van der Waals surface area contributed by atoms with Crippen LogP contribution in [0.4, 0.5) is 8.78 Å². The predicted octanol–water partition coefficient (Wildman–Crippen LogP) is 2.73. The molecule has 0 heterocycles. The molecule has 0 saturated carbocycles. The average Bonchev–Trinajstić information content (AvgIpc) is 2.16. The smallest absolute Gasteiger partial charge is 0.309 e. The van der Waals surface area contributed by atoms with Gasteiger partial charge >= 0.3 is 5.97 Å². The standard InChI is InChI=1S/C11H12F2O2/c1-7(10(14)15)11(2,13)8-5-3-4-6-9(8)12/h3-7H,1-2H3,(H,14,15). The first-order valence-electron chi connectivity index (χ1n) is 4.54. The zero-order valence-electron chi connectivity index (χ0n) is 8.50. The van der Waals surface area contributed by atoms with Crippen LogP contribution < -0.4 is 0 Å². The molecule has 15 heavy (non-hydrogen) atoms. The molecule has 1 N–H and O–H groups in total. The molecule has 1 aromatic carbocycles. The zero-order chi connectivity index (χ0) is 11.6. The fourth-order valence-electron chi connectivity index (χ4n) is 1.32. The second-order valence-electron chi connectivity index (χ2n) is 3.62. The molecule has 0 aliphatic rings. The summed E-state index contributed by atoms with van der Waals surface area (Å²) in [7, 11) is 0. The summed E-state index contributed by atoms with van der Waals surface area (Å²) in [5, 5.41) is 8.71. The Morgan fingerprint density at radius 2 is 2.00 bits per heavy atom. The lowest BCUT2D eigenvalue weighted by Gasteiger charge is -2.25. The summed E-state index contributed by atoms with van der Waals surface area (Å²) in [6.45, 7) is 2.29. The van der Waals surface area contributed by atoms with Crippen LogP contribution in [0.3, 0.4) is 0 Å². The molecule has 4 heteroatoms. The maximum atomic E-state index is 14.1.